The Morgan fingerprint density at radius 1 is 0.842 bits per heavy atom. The summed E-state index contributed by atoms with van der Waals surface area (Å²) in [5, 5.41) is 3.66. The Morgan fingerprint density at radius 3 is 2.00 bits per heavy atom. The van der Waals surface area contributed by atoms with Crippen molar-refractivity contribution in [3.63, 3.8) is 0 Å². The van der Waals surface area contributed by atoms with Gasteiger partial charge in [-0.25, -0.2) is 0 Å². The topological polar surface area (TPSA) is 12.0 Å². The molecule has 0 aromatic heterocycles. The molecule has 1 unspecified atom stereocenters. The van der Waals surface area contributed by atoms with Gasteiger partial charge in [-0.15, -0.1) is 6.58 Å². The highest BCUT2D eigenvalue weighted by Crippen LogP contribution is 2.13. The molecule has 0 saturated heterocycles. The maximum atomic E-state index is 3.78. The van der Waals surface area contributed by atoms with Crippen molar-refractivity contribution in [3.05, 3.63) is 12.7 Å². The molecule has 0 aliphatic heterocycles. The van der Waals surface area contributed by atoms with Gasteiger partial charge in [-0.3, -0.25) is 0 Å². The van der Waals surface area contributed by atoms with Crippen molar-refractivity contribution < 1.29 is 0 Å². The van der Waals surface area contributed by atoms with Crippen molar-refractivity contribution in [2.45, 2.75) is 96.9 Å². The van der Waals surface area contributed by atoms with Crippen LogP contribution in [-0.2, 0) is 0 Å². The second-order valence-corrected chi connectivity index (χ2v) is 5.74. The lowest BCUT2D eigenvalue weighted by Crippen LogP contribution is -2.28. The summed E-state index contributed by atoms with van der Waals surface area (Å²) < 4.78 is 0. The molecule has 0 aliphatic carbocycles. The third kappa shape index (κ3) is 13.9. The van der Waals surface area contributed by atoms with Gasteiger partial charge in [-0.05, 0) is 32.2 Å². The molecule has 19 heavy (non-hydrogen) atoms. The summed E-state index contributed by atoms with van der Waals surface area (Å²) in [5.41, 5.74) is 0. The van der Waals surface area contributed by atoms with Gasteiger partial charge in [0.05, 0.1) is 0 Å². The van der Waals surface area contributed by atoms with E-state index in [2.05, 4.69) is 25.7 Å². The average molecular weight is 268 g/mol. The van der Waals surface area contributed by atoms with E-state index in [-0.39, 0.29) is 0 Å². The highest BCUT2D eigenvalue weighted by atomic mass is 14.9. The van der Waals surface area contributed by atoms with E-state index >= 15 is 0 Å². The summed E-state index contributed by atoms with van der Waals surface area (Å²) in [5.74, 6) is 0. The van der Waals surface area contributed by atoms with Crippen LogP contribution in [0.15, 0.2) is 12.7 Å². The molecule has 0 aliphatic rings. The molecule has 0 amide bonds. The van der Waals surface area contributed by atoms with Gasteiger partial charge in [0, 0.05) is 6.04 Å². The third-order valence-corrected chi connectivity index (χ3v) is 3.86. The number of unbranched alkanes of at least 4 members (excludes halogenated alkanes) is 8. The zero-order valence-electron chi connectivity index (χ0n) is 13.6. The van der Waals surface area contributed by atoms with Crippen LogP contribution in [0.5, 0.6) is 0 Å². The van der Waals surface area contributed by atoms with Gasteiger partial charge in [0.1, 0.15) is 0 Å². The van der Waals surface area contributed by atoms with E-state index in [1.54, 1.807) is 0 Å². The number of rotatable bonds is 15. The van der Waals surface area contributed by atoms with Crippen molar-refractivity contribution in [3.8, 4) is 0 Å². The second kappa shape index (κ2) is 15.8. The molecule has 0 radical (unpaired) electrons. The molecule has 0 rings (SSSR count). The highest BCUT2D eigenvalue weighted by molar-refractivity contribution is 4.68. The minimum Gasteiger partial charge on any atom is -0.314 e. The fraction of sp³-hybridized carbons (Fsp3) is 0.889. The molecule has 0 aromatic rings. The van der Waals surface area contributed by atoms with Crippen molar-refractivity contribution in [2.24, 2.45) is 0 Å². The molecule has 0 bridgehead atoms. The van der Waals surface area contributed by atoms with Gasteiger partial charge < -0.3 is 5.32 Å². The van der Waals surface area contributed by atoms with Crippen LogP contribution < -0.4 is 5.32 Å². The van der Waals surface area contributed by atoms with E-state index in [0.717, 1.165) is 12.6 Å². The molecule has 0 saturated carbocycles. The minimum absolute atomic E-state index is 0.764. The van der Waals surface area contributed by atoms with Gasteiger partial charge in [0.2, 0.25) is 0 Å². The predicted molar refractivity (Wildman–Crippen MR) is 88.7 cm³/mol. The monoisotopic (exact) mass is 267 g/mol. The molecular formula is C18H37N. The first-order chi connectivity index (χ1) is 9.35. The smallest absolute Gasteiger partial charge is 0.00669 e. The zero-order valence-corrected chi connectivity index (χ0v) is 13.6. The van der Waals surface area contributed by atoms with Crippen LogP contribution in [0.25, 0.3) is 0 Å². The van der Waals surface area contributed by atoms with Crippen LogP contribution >= 0.6 is 0 Å². The van der Waals surface area contributed by atoms with Gasteiger partial charge in [0.25, 0.3) is 0 Å². The van der Waals surface area contributed by atoms with Crippen molar-refractivity contribution in [2.75, 3.05) is 6.54 Å². The summed E-state index contributed by atoms with van der Waals surface area (Å²) in [6.45, 7) is 9.41. The number of nitrogens with one attached hydrogen (secondary N) is 1. The standard InChI is InChI=1S/C18H37N/c1-4-7-9-11-13-15-17-18(19-6-3)16-14-12-10-8-5-2/h5,18-19H,2,4,6-17H2,1,3H3. The van der Waals surface area contributed by atoms with Gasteiger partial charge in [0.15, 0.2) is 0 Å². The molecule has 0 spiro atoms. The van der Waals surface area contributed by atoms with Crippen molar-refractivity contribution >= 4 is 0 Å². The summed E-state index contributed by atoms with van der Waals surface area (Å²) in [6.07, 6.45) is 18.5. The van der Waals surface area contributed by atoms with E-state index in [9.17, 15) is 0 Å². The van der Waals surface area contributed by atoms with E-state index in [0.29, 0.717) is 0 Å². The molecule has 1 atom stereocenters. The predicted octanol–water partition coefficient (Wildman–Crippen LogP) is 5.85. The van der Waals surface area contributed by atoms with E-state index in [1.165, 1.54) is 77.0 Å². The van der Waals surface area contributed by atoms with Crippen LogP contribution in [0, 0.1) is 0 Å². The number of hydrogen-bond acceptors (Lipinski definition) is 1. The maximum Gasteiger partial charge on any atom is 0.00669 e. The van der Waals surface area contributed by atoms with Crippen LogP contribution in [0.1, 0.15) is 90.9 Å². The SMILES string of the molecule is C=CCCCCCC(CCCCCCCC)NCC. The van der Waals surface area contributed by atoms with E-state index in [1.807, 2.05) is 6.08 Å². The van der Waals surface area contributed by atoms with Crippen molar-refractivity contribution in [1.82, 2.24) is 5.32 Å². The molecule has 0 fully saturated rings. The first-order valence-corrected chi connectivity index (χ1v) is 8.69. The Kier molecular flexibility index (Phi) is 15.5. The quantitative estimate of drug-likeness (QED) is 0.290. The van der Waals surface area contributed by atoms with Gasteiger partial charge >= 0.3 is 0 Å². The molecule has 114 valence electrons. The first kappa shape index (κ1) is 18.7. The fourth-order valence-electron chi connectivity index (χ4n) is 2.66. The van der Waals surface area contributed by atoms with Gasteiger partial charge in [-0.1, -0.05) is 71.3 Å². The maximum absolute atomic E-state index is 3.78. The Balaban J connectivity index is 3.47. The number of allylic oxidation sites excluding steroid dienone is 1. The minimum atomic E-state index is 0.764. The van der Waals surface area contributed by atoms with Crippen LogP contribution in [-0.4, -0.2) is 12.6 Å². The Hall–Kier alpha value is -0.300. The summed E-state index contributed by atoms with van der Waals surface area (Å²) in [7, 11) is 0. The van der Waals surface area contributed by atoms with E-state index in [4.69, 9.17) is 0 Å². The average Bonchev–Trinajstić information content (AvgIpc) is 2.42. The van der Waals surface area contributed by atoms with Gasteiger partial charge in [-0.2, -0.15) is 0 Å². The zero-order chi connectivity index (χ0) is 14.2. The molecule has 1 nitrogen and oxygen atoms in total. The van der Waals surface area contributed by atoms with Crippen molar-refractivity contribution in [1.29, 1.82) is 0 Å². The second-order valence-electron chi connectivity index (χ2n) is 5.74. The lowest BCUT2D eigenvalue weighted by molar-refractivity contribution is 0.422. The van der Waals surface area contributed by atoms with Crippen LogP contribution in [0.4, 0.5) is 0 Å². The highest BCUT2D eigenvalue weighted by Gasteiger charge is 2.06. The van der Waals surface area contributed by atoms with Crippen LogP contribution in [0.3, 0.4) is 0 Å². The summed E-state index contributed by atoms with van der Waals surface area (Å²) in [4.78, 5) is 0. The Bertz CT molecular complexity index is 177. The molecule has 0 heterocycles. The Labute approximate surface area is 122 Å². The normalized spacial score (nSPS) is 12.5. The molecule has 1 N–H and O–H groups in total. The third-order valence-electron chi connectivity index (χ3n) is 3.86. The fourth-order valence-corrected chi connectivity index (χ4v) is 2.66. The first-order valence-electron chi connectivity index (χ1n) is 8.69. The molecule has 0 aromatic carbocycles. The van der Waals surface area contributed by atoms with E-state index < -0.39 is 0 Å². The Morgan fingerprint density at radius 2 is 1.42 bits per heavy atom. The van der Waals surface area contributed by atoms with Crippen LogP contribution in [0.2, 0.25) is 0 Å². The molecule has 1 heteroatoms. The summed E-state index contributed by atoms with van der Waals surface area (Å²) in [6, 6.07) is 0.764. The lowest BCUT2D eigenvalue weighted by Gasteiger charge is -2.17. The largest absolute Gasteiger partial charge is 0.314 e. The summed E-state index contributed by atoms with van der Waals surface area (Å²) >= 11 is 0. The lowest BCUT2D eigenvalue weighted by atomic mass is 10.0. The number of hydrogen-bond donors (Lipinski definition) is 1. The molecular weight excluding hydrogens is 230 g/mol.